The van der Waals surface area contributed by atoms with Gasteiger partial charge in [-0.25, -0.2) is 0 Å². The summed E-state index contributed by atoms with van der Waals surface area (Å²) in [5.74, 6) is 0.591. The first-order chi connectivity index (χ1) is 12.8. The number of fused-ring (bicyclic) bond motifs is 1. The van der Waals surface area contributed by atoms with Crippen LogP contribution in [0.15, 0.2) is 53.0 Å². The van der Waals surface area contributed by atoms with E-state index in [1.165, 1.54) is 16.6 Å². The molecule has 134 valence electrons. The second-order valence-electron chi connectivity index (χ2n) is 6.26. The van der Waals surface area contributed by atoms with E-state index >= 15 is 0 Å². The summed E-state index contributed by atoms with van der Waals surface area (Å²) < 4.78 is 0. The van der Waals surface area contributed by atoms with Crippen LogP contribution in [0.2, 0.25) is 0 Å². The number of thiophene rings is 1. The Balaban J connectivity index is 1.30. The van der Waals surface area contributed by atoms with Crippen LogP contribution in [0.3, 0.4) is 0 Å². The van der Waals surface area contributed by atoms with Gasteiger partial charge in [0, 0.05) is 48.4 Å². The van der Waals surface area contributed by atoms with Crippen molar-refractivity contribution in [3.8, 4) is 0 Å². The number of carbonyl (C=O) groups excluding carboxylic acids is 1. The number of hydrogen-bond acceptors (Lipinski definition) is 6. The summed E-state index contributed by atoms with van der Waals surface area (Å²) in [7, 11) is 0. The first kappa shape index (κ1) is 17.5. The van der Waals surface area contributed by atoms with E-state index in [1.54, 1.807) is 17.5 Å². The van der Waals surface area contributed by atoms with Crippen LogP contribution < -0.4 is 0 Å². The average molecular weight is 385 g/mol. The van der Waals surface area contributed by atoms with Crippen molar-refractivity contribution in [2.45, 2.75) is 11.6 Å². The molecule has 2 aromatic heterocycles. The maximum Gasteiger partial charge on any atom is 0.233 e. The molecule has 1 amide bonds. The van der Waals surface area contributed by atoms with E-state index in [0.29, 0.717) is 5.75 Å². The SMILES string of the molecule is O=C(CSc1nncc2ccccc12)N1CCN(Cc2cccs2)CC1. The van der Waals surface area contributed by atoms with Crippen molar-refractivity contribution in [3.05, 3.63) is 52.9 Å². The lowest BCUT2D eigenvalue weighted by atomic mass is 10.2. The number of thioether (sulfide) groups is 1. The Kier molecular flexibility index (Phi) is 5.48. The van der Waals surface area contributed by atoms with Gasteiger partial charge in [0.25, 0.3) is 0 Å². The fourth-order valence-electron chi connectivity index (χ4n) is 3.11. The van der Waals surface area contributed by atoms with E-state index < -0.39 is 0 Å². The molecule has 0 unspecified atom stereocenters. The van der Waals surface area contributed by atoms with Crippen molar-refractivity contribution in [1.29, 1.82) is 0 Å². The molecular formula is C19H20N4OS2. The summed E-state index contributed by atoms with van der Waals surface area (Å²) in [5.41, 5.74) is 0. The first-order valence-corrected chi connectivity index (χ1v) is 10.5. The highest BCUT2D eigenvalue weighted by Crippen LogP contribution is 2.25. The van der Waals surface area contributed by atoms with Crippen molar-refractivity contribution >= 4 is 39.8 Å². The Bertz CT molecular complexity index is 871. The van der Waals surface area contributed by atoms with Crippen LogP contribution in [-0.4, -0.2) is 57.8 Å². The molecule has 0 N–H and O–H groups in total. The largest absolute Gasteiger partial charge is 0.339 e. The Hall–Kier alpha value is -1.96. The number of nitrogens with zero attached hydrogens (tertiary/aromatic N) is 4. The lowest BCUT2D eigenvalue weighted by molar-refractivity contribution is -0.130. The summed E-state index contributed by atoms with van der Waals surface area (Å²) in [6, 6.07) is 12.3. The molecule has 0 atom stereocenters. The van der Waals surface area contributed by atoms with E-state index in [-0.39, 0.29) is 5.91 Å². The van der Waals surface area contributed by atoms with Gasteiger partial charge in [-0.1, -0.05) is 42.1 Å². The third-order valence-electron chi connectivity index (χ3n) is 4.55. The van der Waals surface area contributed by atoms with Gasteiger partial charge in [0.2, 0.25) is 5.91 Å². The maximum absolute atomic E-state index is 12.6. The highest BCUT2D eigenvalue weighted by Gasteiger charge is 2.21. The maximum atomic E-state index is 12.6. The molecule has 3 aromatic rings. The second kappa shape index (κ2) is 8.16. The summed E-state index contributed by atoms with van der Waals surface area (Å²) >= 11 is 3.27. The summed E-state index contributed by atoms with van der Waals surface area (Å²) in [6.45, 7) is 4.45. The molecule has 0 bridgehead atoms. The molecule has 0 saturated carbocycles. The quantitative estimate of drug-likeness (QED) is 0.633. The van der Waals surface area contributed by atoms with E-state index in [0.717, 1.165) is 48.5 Å². The number of piperazine rings is 1. The lowest BCUT2D eigenvalue weighted by Gasteiger charge is -2.34. The van der Waals surface area contributed by atoms with Gasteiger partial charge < -0.3 is 4.90 Å². The monoisotopic (exact) mass is 384 g/mol. The Labute approximate surface area is 161 Å². The van der Waals surface area contributed by atoms with Crippen molar-refractivity contribution in [2.75, 3.05) is 31.9 Å². The first-order valence-electron chi connectivity index (χ1n) is 8.65. The van der Waals surface area contributed by atoms with Gasteiger partial charge in [0.05, 0.1) is 11.9 Å². The standard InChI is InChI=1S/C19H20N4OS2/c24-18(14-26-19-17-6-2-1-4-15(17)12-20-21-19)23-9-7-22(8-10-23)13-16-5-3-11-25-16/h1-6,11-12H,7-10,13-14H2. The van der Waals surface area contributed by atoms with Gasteiger partial charge in [0.1, 0.15) is 5.03 Å². The van der Waals surface area contributed by atoms with Gasteiger partial charge in [0.15, 0.2) is 0 Å². The number of aromatic nitrogens is 2. The average Bonchev–Trinajstić information content (AvgIpc) is 3.19. The Morgan fingerprint density at radius 1 is 1.12 bits per heavy atom. The number of amides is 1. The third-order valence-corrected chi connectivity index (χ3v) is 6.38. The van der Waals surface area contributed by atoms with E-state index in [9.17, 15) is 4.79 Å². The van der Waals surface area contributed by atoms with Gasteiger partial charge in [-0.15, -0.1) is 16.4 Å². The molecule has 0 aliphatic carbocycles. The third kappa shape index (κ3) is 4.06. The highest BCUT2D eigenvalue weighted by atomic mass is 32.2. The highest BCUT2D eigenvalue weighted by molar-refractivity contribution is 8.00. The molecule has 0 radical (unpaired) electrons. The molecule has 0 spiro atoms. The van der Waals surface area contributed by atoms with Crippen molar-refractivity contribution in [3.63, 3.8) is 0 Å². The number of benzene rings is 1. The van der Waals surface area contributed by atoms with Crippen molar-refractivity contribution in [2.24, 2.45) is 0 Å². The molecule has 7 heteroatoms. The molecule has 1 aromatic carbocycles. The van der Waals surface area contributed by atoms with Gasteiger partial charge >= 0.3 is 0 Å². The van der Waals surface area contributed by atoms with Gasteiger partial charge in [-0.05, 0) is 11.4 Å². The van der Waals surface area contributed by atoms with E-state index in [4.69, 9.17) is 0 Å². The molecule has 1 saturated heterocycles. The normalized spacial score (nSPS) is 15.5. The number of hydrogen-bond donors (Lipinski definition) is 0. The van der Waals surface area contributed by atoms with Crippen molar-refractivity contribution < 1.29 is 4.79 Å². The Morgan fingerprint density at radius 3 is 2.77 bits per heavy atom. The Morgan fingerprint density at radius 2 is 1.96 bits per heavy atom. The number of rotatable bonds is 5. The van der Waals surface area contributed by atoms with Crippen LogP contribution in [-0.2, 0) is 11.3 Å². The topological polar surface area (TPSA) is 49.3 Å². The number of carbonyl (C=O) groups is 1. The molecule has 5 nitrogen and oxygen atoms in total. The summed E-state index contributed by atoms with van der Waals surface area (Å²) in [5, 5.41) is 13.3. The van der Waals surface area contributed by atoms with Gasteiger partial charge in [-0.2, -0.15) is 5.10 Å². The van der Waals surface area contributed by atoms with Crippen LogP contribution in [0.4, 0.5) is 0 Å². The summed E-state index contributed by atoms with van der Waals surface area (Å²) in [4.78, 5) is 18.3. The van der Waals surface area contributed by atoms with Crippen LogP contribution >= 0.6 is 23.1 Å². The molecule has 1 fully saturated rings. The molecule has 26 heavy (non-hydrogen) atoms. The minimum atomic E-state index is 0.181. The minimum absolute atomic E-state index is 0.181. The van der Waals surface area contributed by atoms with E-state index in [1.807, 2.05) is 29.2 Å². The van der Waals surface area contributed by atoms with Crippen LogP contribution in [0.25, 0.3) is 10.8 Å². The predicted molar refractivity (Wildman–Crippen MR) is 106 cm³/mol. The molecule has 1 aliphatic heterocycles. The second-order valence-corrected chi connectivity index (χ2v) is 8.26. The predicted octanol–water partition coefficient (Wildman–Crippen LogP) is 3.13. The fourth-order valence-corrected chi connectivity index (χ4v) is 4.74. The van der Waals surface area contributed by atoms with Crippen LogP contribution in [0, 0.1) is 0 Å². The molecular weight excluding hydrogens is 364 g/mol. The van der Waals surface area contributed by atoms with Crippen molar-refractivity contribution in [1.82, 2.24) is 20.0 Å². The zero-order valence-corrected chi connectivity index (χ0v) is 16.0. The fraction of sp³-hybridized carbons (Fsp3) is 0.316. The molecule has 1 aliphatic rings. The van der Waals surface area contributed by atoms with E-state index in [2.05, 4.69) is 32.6 Å². The zero-order chi connectivity index (χ0) is 17.8. The lowest BCUT2D eigenvalue weighted by Crippen LogP contribution is -2.48. The van der Waals surface area contributed by atoms with Crippen LogP contribution in [0.1, 0.15) is 4.88 Å². The smallest absolute Gasteiger partial charge is 0.233 e. The summed E-state index contributed by atoms with van der Waals surface area (Å²) in [6.07, 6.45) is 1.76. The zero-order valence-electron chi connectivity index (χ0n) is 14.4. The minimum Gasteiger partial charge on any atom is -0.339 e. The van der Waals surface area contributed by atoms with Gasteiger partial charge in [-0.3, -0.25) is 9.69 Å². The molecule has 4 rings (SSSR count). The molecule has 3 heterocycles. The van der Waals surface area contributed by atoms with Crippen LogP contribution in [0.5, 0.6) is 0 Å².